The van der Waals surface area contributed by atoms with Crippen LogP contribution in [0.25, 0.3) is 0 Å². The molecule has 0 aromatic heterocycles. The van der Waals surface area contributed by atoms with Crippen molar-refractivity contribution in [2.75, 3.05) is 19.6 Å². The lowest BCUT2D eigenvalue weighted by Gasteiger charge is -2.46. The highest BCUT2D eigenvalue weighted by Gasteiger charge is 2.33. The van der Waals surface area contributed by atoms with E-state index in [0.717, 1.165) is 23.9 Å². The summed E-state index contributed by atoms with van der Waals surface area (Å²) in [5, 5.41) is 3.90. The summed E-state index contributed by atoms with van der Waals surface area (Å²) in [6.45, 7) is 6.36. The first kappa shape index (κ1) is 13.9. The minimum Gasteiger partial charge on any atom is -0.312 e. The molecule has 0 amide bonds. The second kappa shape index (κ2) is 6.58. The zero-order chi connectivity index (χ0) is 13.1. The first-order valence-corrected chi connectivity index (χ1v) is 8.82. The van der Waals surface area contributed by atoms with E-state index >= 15 is 0 Å². The Labute approximate surface area is 119 Å². The molecule has 0 bridgehead atoms. The topological polar surface area (TPSA) is 15.3 Å². The molecule has 2 atom stereocenters. The lowest BCUT2D eigenvalue weighted by molar-refractivity contribution is 0.0540. The first-order chi connectivity index (χ1) is 9.35. The molecule has 2 heteroatoms. The zero-order valence-electron chi connectivity index (χ0n) is 12.7. The molecule has 0 aromatic carbocycles. The Morgan fingerprint density at radius 1 is 1.00 bits per heavy atom. The SMILES string of the molecule is CCCC1CC(NCC2CCC2)CN(C2CCC2)C1. The molecule has 19 heavy (non-hydrogen) atoms. The Morgan fingerprint density at radius 3 is 2.37 bits per heavy atom. The van der Waals surface area contributed by atoms with Gasteiger partial charge < -0.3 is 5.32 Å². The van der Waals surface area contributed by atoms with Crippen LogP contribution in [0.5, 0.6) is 0 Å². The van der Waals surface area contributed by atoms with Gasteiger partial charge in [0.1, 0.15) is 0 Å². The highest BCUT2D eigenvalue weighted by molar-refractivity contribution is 4.90. The van der Waals surface area contributed by atoms with Crippen LogP contribution in [0.15, 0.2) is 0 Å². The van der Waals surface area contributed by atoms with Gasteiger partial charge in [0, 0.05) is 25.2 Å². The molecule has 1 saturated heterocycles. The van der Waals surface area contributed by atoms with E-state index in [2.05, 4.69) is 17.1 Å². The van der Waals surface area contributed by atoms with Gasteiger partial charge in [-0.05, 0) is 56.9 Å². The van der Waals surface area contributed by atoms with Gasteiger partial charge in [-0.15, -0.1) is 0 Å². The van der Waals surface area contributed by atoms with Crippen molar-refractivity contribution < 1.29 is 0 Å². The molecule has 2 saturated carbocycles. The van der Waals surface area contributed by atoms with Crippen molar-refractivity contribution in [1.82, 2.24) is 10.2 Å². The van der Waals surface area contributed by atoms with Gasteiger partial charge in [-0.2, -0.15) is 0 Å². The maximum atomic E-state index is 3.90. The Bertz CT molecular complexity index is 270. The van der Waals surface area contributed by atoms with Crippen molar-refractivity contribution in [2.45, 2.75) is 76.8 Å². The normalized spacial score (nSPS) is 33.9. The van der Waals surface area contributed by atoms with Crippen LogP contribution < -0.4 is 5.32 Å². The molecular weight excluding hydrogens is 232 g/mol. The van der Waals surface area contributed by atoms with Gasteiger partial charge in [0.15, 0.2) is 0 Å². The van der Waals surface area contributed by atoms with E-state index in [4.69, 9.17) is 0 Å². The summed E-state index contributed by atoms with van der Waals surface area (Å²) in [6.07, 6.45) is 13.1. The molecule has 1 N–H and O–H groups in total. The molecule has 1 heterocycles. The average molecular weight is 264 g/mol. The van der Waals surface area contributed by atoms with E-state index in [9.17, 15) is 0 Å². The van der Waals surface area contributed by atoms with Gasteiger partial charge in [-0.1, -0.05) is 26.2 Å². The Kier molecular flexibility index (Phi) is 4.81. The van der Waals surface area contributed by atoms with Crippen LogP contribution in [0.3, 0.4) is 0 Å². The van der Waals surface area contributed by atoms with E-state index in [1.54, 1.807) is 0 Å². The predicted molar refractivity (Wildman–Crippen MR) is 81.4 cm³/mol. The van der Waals surface area contributed by atoms with E-state index in [-0.39, 0.29) is 0 Å². The summed E-state index contributed by atoms with van der Waals surface area (Å²) in [7, 11) is 0. The number of piperidine rings is 1. The van der Waals surface area contributed by atoms with Gasteiger partial charge in [0.2, 0.25) is 0 Å². The van der Waals surface area contributed by atoms with Crippen molar-refractivity contribution in [3.63, 3.8) is 0 Å². The lowest BCUT2D eigenvalue weighted by atomic mass is 9.83. The van der Waals surface area contributed by atoms with Crippen LogP contribution in [0.1, 0.15) is 64.7 Å². The number of rotatable bonds is 6. The largest absolute Gasteiger partial charge is 0.312 e. The summed E-state index contributed by atoms with van der Waals surface area (Å²) in [4.78, 5) is 2.83. The minimum atomic E-state index is 0.784. The Morgan fingerprint density at radius 2 is 1.79 bits per heavy atom. The van der Waals surface area contributed by atoms with Gasteiger partial charge >= 0.3 is 0 Å². The third kappa shape index (κ3) is 3.52. The molecule has 3 aliphatic rings. The van der Waals surface area contributed by atoms with Crippen molar-refractivity contribution in [3.8, 4) is 0 Å². The van der Waals surface area contributed by atoms with Crippen molar-refractivity contribution in [3.05, 3.63) is 0 Å². The van der Waals surface area contributed by atoms with Crippen LogP contribution in [0.4, 0.5) is 0 Å². The van der Waals surface area contributed by atoms with E-state index in [1.807, 2.05) is 0 Å². The standard InChI is InChI=1S/C17H32N2/c1-2-5-15-10-16(18-11-14-6-3-7-14)13-19(12-15)17-8-4-9-17/h14-18H,2-13H2,1H3. The lowest BCUT2D eigenvalue weighted by Crippen LogP contribution is -2.55. The molecule has 0 radical (unpaired) electrons. The molecule has 0 spiro atoms. The molecule has 2 unspecified atom stereocenters. The zero-order valence-corrected chi connectivity index (χ0v) is 12.7. The van der Waals surface area contributed by atoms with Crippen LogP contribution >= 0.6 is 0 Å². The Hall–Kier alpha value is -0.0800. The fourth-order valence-electron chi connectivity index (χ4n) is 4.09. The van der Waals surface area contributed by atoms with E-state index in [0.29, 0.717) is 0 Å². The number of hydrogen-bond donors (Lipinski definition) is 1. The average Bonchev–Trinajstić information content (AvgIpc) is 2.24. The monoisotopic (exact) mass is 264 g/mol. The van der Waals surface area contributed by atoms with Crippen molar-refractivity contribution in [2.24, 2.45) is 11.8 Å². The molecule has 3 fully saturated rings. The molecule has 0 aromatic rings. The molecule has 3 rings (SSSR count). The molecular formula is C17H32N2. The fraction of sp³-hybridized carbons (Fsp3) is 1.00. The van der Waals surface area contributed by atoms with Crippen LogP contribution in [0.2, 0.25) is 0 Å². The third-order valence-electron chi connectivity index (χ3n) is 5.77. The molecule has 110 valence electrons. The maximum absolute atomic E-state index is 3.90. The van der Waals surface area contributed by atoms with Crippen LogP contribution in [-0.2, 0) is 0 Å². The number of likely N-dealkylation sites (tertiary alicyclic amines) is 1. The summed E-state index contributed by atoms with van der Waals surface area (Å²) in [5.74, 6) is 1.96. The second-order valence-electron chi connectivity index (χ2n) is 7.33. The number of nitrogens with zero attached hydrogens (tertiary/aromatic N) is 1. The summed E-state index contributed by atoms with van der Waals surface area (Å²) < 4.78 is 0. The second-order valence-corrected chi connectivity index (χ2v) is 7.33. The molecule has 1 aliphatic heterocycles. The minimum absolute atomic E-state index is 0.784. The highest BCUT2D eigenvalue weighted by atomic mass is 15.2. The predicted octanol–water partition coefficient (Wildman–Crippen LogP) is 3.42. The highest BCUT2D eigenvalue weighted by Crippen LogP contribution is 2.31. The summed E-state index contributed by atoms with van der Waals surface area (Å²) in [6, 6.07) is 1.72. The maximum Gasteiger partial charge on any atom is 0.0198 e. The smallest absolute Gasteiger partial charge is 0.0198 e. The quantitative estimate of drug-likeness (QED) is 0.791. The van der Waals surface area contributed by atoms with Gasteiger partial charge in [0.05, 0.1) is 0 Å². The third-order valence-corrected chi connectivity index (χ3v) is 5.77. The number of hydrogen-bond acceptors (Lipinski definition) is 2. The van der Waals surface area contributed by atoms with Crippen molar-refractivity contribution >= 4 is 0 Å². The van der Waals surface area contributed by atoms with Crippen molar-refractivity contribution in [1.29, 1.82) is 0 Å². The first-order valence-electron chi connectivity index (χ1n) is 8.82. The van der Waals surface area contributed by atoms with Crippen LogP contribution in [-0.4, -0.2) is 36.6 Å². The van der Waals surface area contributed by atoms with Gasteiger partial charge in [-0.25, -0.2) is 0 Å². The molecule has 2 aliphatic carbocycles. The van der Waals surface area contributed by atoms with E-state index in [1.165, 1.54) is 77.4 Å². The molecule has 2 nitrogen and oxygen atoms in total. The van der Waals surface area contributed by atoms with E-state index < -0.39 is 0 Å². The number of nitrogens with one attached hydrogen (secondary N) is 1. The summed E-state index contributed by atoms with van der Waals surface area (Å²) >= 11 is 0. The van der Waals surface area contributed by atoms with Crippen LogP contribution in [0, 0.1) is 11.8 Å². The van der Waals surface area contributed by atoms with Gasteiger partial charge in [0.25, 0.3) is 0 Å². The Balaban J connectivity index is 1.49. The summed E-state index contributed by atoms with van der Waals surface area (Å²) in [5.41, 5.74) is 0. The van der Waals surface area contributed by atoms with Gasteiger partial charge in [-0.3, -0.25) is 4.90 Å². The fourth-order valence-corrected chi connectivity index (χ4v) is 4.09.